The van der Waals surface area contributed by atoms with Crippen molar-refractivity contribution >= 4 is 11.6 Å². The molecule has 0 fully saturated rings. The molecule has 0 saturated heterocycles. The van der Waals surface area contributed by atoms with Crippen molar-refractivity contribution in [1.82, 2.24) is 9.97 Å². The number of halogens is 1. The topological polar surface area (TPSA) is 70.8 Å². The van der Waals surface area contributed by atoms with Gasteiger partial charge in [-0.1, -0.05) is 0 Å². The van der Waals surface area contributed by atoms with Crippen molar-refractivity contribution in [3.63, 3.8) is 0 Å². The Balaban J connectivity index is 2.31. The molecule has 1 aromatic heterocycles. The molecule has 0 saturated carbocycles. The quantitative estimate of drug-likeness (QED) is 0.896. The monoisotopic (exact) mass is 244 g/mol. The fourth-order valence-corrected chi connectivity index (χ4v) is 1.37. The highest BCUT2D eigenvalue weighted by molar-refractivity contribution is 5.62. The first kappa shape index (κ1) is 11.8. The number of hydrogen-bond donors (Lipinski definition) is 1. The number of anilines is 2. The van der Waals surface area contributed by atoms with Gasteiger partial charge in [0.05, 0.1) is 12.8 Å². The predicted octanol–water partition coefficient (Wildman–Crippen LogP) is 2.24. The van der Waals surface area contributed by atoms with Gasteiger partial charge in [-0.15, -0.1) is 0 Å². The highest BCUT2D eigenvalue weighted by atomic mass is 19.1. The van der Waals surface area contributed by atoms with Crippen molar-refractivity contribution in [2.24, 2.45) is 0 Å². The zero-order valence-electron chi connectivity index (χ0n) is 9.51. The largest absolute Gasteiger partial charge is 0.494 e. The molecule has 0 amide bonds. The van der Waals surface area contributed by atoms with Gasteiger partial charge in [-0.2, -0.15) is 5.26 Å². The van der Waals surface area contributed by atoms with E-state index in [0.29, 0.717) is 11.4 Å². The van der Waals surface area contributed by atoms with Crippen molar-refractivity contribution in [3.8, 4) is 11.8 Å². The molecule has 2 aromatic rings. The highest BCUT2D eigenvalue weighted by Crippen LogP contribution is 2.26. The number of ether oxygens (including phenoxy) is 1. The molecule has 0 bridgehead atoms. The Bertz CT molecular complexity index is 609. The molecule has 0 aliphatic heterocycles. The van der Waals surface area contributed by atoms with Gasteiger partial charge in [0, 0.05) is 12.3 Å². The van der Waals surface area contributed by atoms with Gasteiger partial charge < -0.3 is 10.1 Å². The van der Waals surface area contributed by atoms with Crippen LogP contribution < -0.4 is 10.1 Å². The highest BCUT2D eigenvalue weighted by Gasteiger charge is 2.06. The number of benzene rings is 1. The third-order valence-electron chi connectivity index (χ3n) is 2.18. The minimum atomic E-state index is -0.399. The van der Waals surface area contributed by atoms with Crippen molar-refractivity contribution in [1.29, 1.82) is 5.26 Å². The number of aromatic nitrogens is 2. The zero-order valence-corrected chi connectivity index (χ0v) is 9.51. The van der Waals surface area contributed by atoms with Gasteiger partial charge in [0.15, 0.2) is 0 Å². The van der Waals surface area contributed by atoms with Crippen molar-refractivity contribution in [2.45, 2.75) is 0 Å². The average Bonchev–Trinajstić information content (AvgIpc) is 2.41. The SMILES string of the molecule is COc1cc(F)ccc1Nc1nccc(C#N)n1. The molecule has 2 rings (SSSR count). The van der Waals surface area contributed by atoms with E-state index < -0.39 is 5.82 Å². The van der Waals surface area contributed by atoms with Crippen LogP contribution in [0.15, 0.2) is 30.5 Å². The van der Waals surface area contributed by atoms with Crippen molar-refractivity contribution in [2.75, 3.05) is 12.4 Å². The lowest BCUT2D eigenvalue weighted by molar-refractivity contribution is 0.413. The lowest BCUT2D eigenvalue weighted by Crippen LogP contribution is -2.00. The summed E-state index contributed by atoms with van der Waals surface area (Å²) in [6.07, 6.45) is 1.46. The minimum absolute atomic E-state index is 0.244. The summed E-state index contributed by atoms with van der Waals surface area (Å²) in [7, 11) is 1.44. The Kier molecular flexibility index (Phi) is 3.34. The van der Waals surface area contributed by atoms with E-state index in [1.54, 1.807) is 0 Å². The Morgan fingerprint density at radius 2 is 2.22 bits per heavy atom. The van der Waals surface area contributed by atoms with Gasteiger partial charge in [0.25, 0.3) is 0 Å². The summed E-state index contributed by atoms with van der Waals surface area (Å²) in [5, 5.41) is 11.6. The normalized spacial score (nSPS) is 9.61. The van der Waals surface area contributed by atoms with E-state index in [2.05, 4.69) is 15.3 Å². The maximum absolute atomic E-state index is 13.0. The van der Waals surface area contributed by atoms with Gasteiger partial charge in [0.2, 0.25) is 5.95 Å². The van der Waals surface area contributed by atoms with Gasteiger partial charge in [-0.05, 0) is 18.2 Å². The molecule has 0 unspecified atom stereocenters. The molecule has 5 nitrogen and oxygen atoms in total. The molecular weight excluding hydrogens is 235 g/mol. The molecule has 1 N–H and O–H groups in total. The van der Waals surface area contributed by atoms with E-state index in [9.17, 15) is 4.39 Å². The summed E-state index contributed by atoms with van der Waals surface area (Å²) in [6, 6.07) is 7.45. The first-order chi connectivity index (χ1) is 8.72. The minimum Gasteiger partial charge on any atom is -0.494 e. The van der Waals surface area contributed by atoms with E-state index in [4.69, 9.17) is 10.00 Å². The maximum Gasteiger partial charge on any atom is 0.228 e. The predicted molar refractivity (Wildman–Crippen MR) is 63.0 cm³/mol. The van der Waals surface area contributed by atoms with Crippen LogP contribution in [-0.2, 0) is 0 Å². The number of nitrogens with zero attached hydrogens (tertiary/aromatic N) is 3. The van der Waals surface area contributed by atoms with Crippen LogP contribution in [0.5, 0.6) is 5.75 Å². The molecule has 18 heavy (non-hydrogen) atoms. The maximum atomic E-state index is 13.0. The number of nitriles is 1. The van der Waals surface area contributed by atoms with Crippen LogP contribution in [0.4, 0.5) is 16.0 Å². The molecule has 1 heterocycles. The smallest absolute Gasteiger partial charge is 0.228 e. The second kappa shape index (κ2) is 5.10. The lowest BCUT2D eigenvalue weighted by Gasteiger charge is -2.09. The molecule has 0 radical (unpaired) electrons. The molecule has 0 aliphatic rings. The standard InChI is InChI=1S/C12H9FN4O/c1-18-11-6-8(13)2-3-10(11)17-12-15-5-4-9(7-14)16-12/h2-6H,1H3,(H,15,16,17). The number of nitrogens with one attached hydrogen (secondary N) is 1. The van der Waals surface area contributed by atoms with Gasteiger partial charge in [-0.25, -0.2) is 14.4 Å². The van der Waals surface area contributed by atoms with Crippen molar-refractivity contribution in [3.05, 3.63) is 42.0 Å². The third kappa shape index (κ3) is 2.52. The summed E-state index contributed by atoms with van der Waals surface area (Å²) in [5.74, 6) is 0.184. The van der Waals surface area contributed by atoms with E-state index in [-0.39, 0.29) is 11.6 Å². The van der Waals surface area contributed by atoms with Crippen molar-refractivity contribution < 1.29 is 9.13 Å². The summed E-state index contributed by atoms with van der Waals surface area (Å²) in [4.78, 5) is 7.91. The average molecular weight is 244 g/mol. The number of hydrogen-bond acceptors (Lipinski definition) is 5. The Hall–Kier alpha value is -2.68. The first-order valence-electron chi connectivity index (χ1n) is 5.06. The molecule has 0 aliphatic carbocycles. The van der Waals surface area contributed by atoms with Crippen LogP contribution in [0.25, 0.3) is 0 Å². The Morgan fingerprint density at radius 3 is 2.94 bits per heavy atom. The van der Waals surface area contributed by atoms with Crippen LogP contribution in [0.3, 0.4) is 0 Å². The third-order valence-corrected chi connectivity index (χ3v) is 2.18. The van der Waals surface area contributed by atoms with Gasteiger partial charge in [-0.3, -0.25) is 0 Å². The summed E-state index contributed by atoms with van der Waals surface area (Å²) < 4.78 is 18.0. The van der Waals surface area contributed by atoms with E-state index in [0.717, 1.165) is 0 Å². The van der Waals surface area contributed by atoms with E-state index in [1.807, 2.05) is 6.07 Å². The zero-order chi connectivity index (χ0) is 13.0. The molecule has 90 valence electrons. The molecular formula is C12H9FN4O. The number of rotatable bonds is 3. The van der Waals surface area contributed by atoms with E-state index >= 15 is 0 Å². The summed E-state index contributed by atoms with van der Waals surface area (Å²) in [5.41, 5.74) is 0.766. The van der Waals surface area contributed by atoms with E-state index in [1.165, 1.54) is 37.6 Å². The summed E-state index contributed by atoms with van der Waals surface area (Å²) >= 11 is 0. The second-order valence-corrected chi connectivity index (χ2v) is 3.35. The van der Waals surface area contributed by atoms with Crippen LogP contribution in [0.1, 0.15) is 5.69 Å². The number of methoxy groups -OCH3 is 1. The molecule has 6 heteroatoms. The molecule has 0 spiro atoms. The van der Waals surface area contributed by atoms with Gasteiger partial charge >= 0.3 is 0 Å². The summed E-state index contributed by atoms with van der Waals surface area (Å²) in [6.45, 7) is 0. The molecule has 1 aromatic carbocycles. The molecule has 0 atom stereocenters. The fraction of sp³-hybridized carbons (Fsp3) is 0.0833. The van der Waals surface area contributed by atoms with Crippen LogP contribution in [0.2, 0.25) is 0 Å². The van der Waals surface area contributed by atoms with Gasteiger partial charge in [0.1, 0.15) is 23.3 Å². The lowest BCUT2D eigenvalue weighted by atomic mass is 10.3. The Labute approximate surface area is 103 Å². The van der Waals surface area contributed by atoms with Crippen LogP contribution >= 0.6 is 0 Å². The Morgan fingerprint density at radius 1 is 1.39 bits per heavy atom. The second-order valence-electron chi connectivity index (χ2n) is 3.35. The fourth-order valence-electron chi connectivity index (χ4n) is 1.37. The van der Waals surface area contributed by atoms with Crippen LogP contribution in [0, 0.1) is 17.1 Å². The van der Waals surface area contributed by atoms with Crippen LogP contribution in [-0.4, -0.2) is 17.1 Å². The first-order valence-corrected chi connectivity index (χ1v) is 5.06.